The highest BCUT2D eigenvalue weighted by Gasteiger charge is 2.07. The molecule has 0 aliphatic heterocycles. The normalized spacial score (nSPS) is 10.5. The van der Waals surface area contributed by atoms with E-state index in [9.17, 15) is 4.79 Å². The topological polar surface area (TPSA) is 51.2 Å². The van der Waals surface area contributed by atoms with E-state index in [1.165, 1.54) is 11.8 Å². The monoisotopic (exact) mass is 338 g/mol. The number of carbonyl (C=O) groups excluding carboxylic acids is 1. The van der Waals surface area contributed by atoms with Gasteiger partial charge < -0.3 is 10.1 Å². The zero-order valence-corrected chi connectivity index (χ0v) is 14.2. The molecule has 24 heavy (non-hydrogen) atoms. The number of nitrogens with one attached hydrogen (secondary N) is 1. The van der Waals surface area contributed by atoms with Crippen LogP contribution in [0.3, 0.4) is 0 Å². The summed E-state index contributed by atoms with van der Waals surface area (Å²) in [5, 5.41) is 4.86. The predicted octanol–water partition coefficient (Wildman–Crippen LogP) is 3.65. The van der Waals surface area contributed by atoms with Gasteiger partial charge in [-0.1, -0.05) is 54.2 Å². The second kappa shape index (κ2) is 7.84. The summed E-state index contributed by atoms with van der Waals surface area (Å²) in [6.45, 7) is 0.453. The fourth-order valence-corrected chi connectivity index (χ4v) is 3.07. The smallest absolute Gasteiger partial charge is 0.230 e. The first-order valence-electron chi connectivity index (χ1n) is 7.63. The van der Waals surface area contributed by atoms with Crippen LogP contribution in [0.5, 0.6) is 5.75 Å². The lowest BCUT2D eigenvalue weighted by atomic mass is 10.2. The van der Waals surface area contributed by atoms with Crippen LogP contribution in [0.4, 0.5) is 0 Å². The summed E-state index contributed by atoms with van der Waals surface area (Å²) < 4.78 is 5.28. The minimum atomic E-state index is -0.0270. The van der Waals surface area contributed by atoms with Gasteiger partial charge in [-0.2, -0.15) is 0 Å². The van der Waals surface area contributed by atoms with E-state index in [4.69, 9.17) is 4.74 Å². The molecule has 0 saturated heterocycles. The Kier molecular flexibility index (Phi) is 5.33. The van der Waals surface area contributed by atoms with Crippen LogP contribution in [0.1, 0.15) is 5.56 Å². The first kappa shape index (κ1) is 16.3. The molecule has 122 valence electrons. The van der Waals surface area contributed by atoms with Crippen LogP contribution in [-0.2, 0) is 11.3 Å². The first-order chi connectivity index (χ1) is 11.8. The molecule has 1 heterocycles. The second-order valence-electron chi connectivity index (χ2n) is 5.22. The number of aromatic nitrogens is 1. The van der Waals surface area contributed by atoms with Crippen LogP contribution in [0.25, 0.3) is 10.9 Å². The highest BCUT2D eigenvalue weighted by molar-refractivity contribution is 7.99. The number of nitrogens with zero attached hydrogens (tertiary/aromatic N) is 1. The van der Waals surface area contributed by atoms with Crippen LogP contribution in [0.15, 0.2) is 65.7 Å². The number of benzene rings is 2. The van der Waals surface area contributed by atoms with Crippen LogP contribution in [0, 0.1) is 0 Å². The summed E-state index contributed by atoms with van der Waals surface area (Å²) >= 11 is 1.43. The van der Waals surface area contributed by atoms with Crippen LogP contribution in [0.2, 0.25) is 0 Å². The molecular formula is C19H18N2O2S. The summed E-state index contributed by atoms with van der Waals surface area (Å²) in [7, 11) is 1.63. The lowest BCUT2D eigenvalue weighted by Crippen LogP contribution is -2.24. The van der Waals surface area contributed by atoms with Crippen molar-refractivity contribution >= 4 is 28.6 Å². The third kappa shape index (κ3) is 4.06. The number of hydrogen-bond acceptors (Lipinski definition) is 4. The summed E-state index contributed by atoms with van der Waals surface area (Å²) in [5.41, 5.74) is 1.90. The molecule has 0 radical (unpaired) electrons. The summed E-state index contributed by atoms with van der Waals surface area (Å²) in [6, 6.07) is 19.6. The van der Waals surface area contributed by atoms with Crippen LogP contribution >= 0.6 is 11.8 Å². The molecule has 0 spiro atoms. The highest BCUT2D eigenvalue weighted by Crippen LogP contribution is 2.20. The van der Waals surface area contributed by atoms with Gasteiger partial charge >= 0.3 is 0 Å². The second-order valence-corrected chi connectivity index (χ2v) is 6.22. The van der Waals surface area contributed by atoms with E-state index < -0.39 is 0 Å². The van der Waals surface area contributed by atoms with Gasteiger partial charge in [0, 0.05) is 17.5 Å². The summed E-state index contributed by atoms with van der Waals surface area (Å²) in [4.78, 5) is 16.6. The average molecular weight is 338 g/mol. The van der Waals surface area contributed by atoms with Gasteiger partial charge in [-0.3, -0.25) is 4.79 Å². The number of amides is 1. The molecule has 3 rings (SSSR count). The van der Waals surface area contributed by atoms with Gasteiger partial charge in [0.15, 0.2) is 0 Å². The quantitative estimate of drug-likeness (QED) is 0.697. The van der Waals surface area contributed by atoms with Gasteiger partial charge in [-0.15, -0.1) is 0 Å². The first-order valence-corrected chi connectivity index (χ1v) is 8.62. The number of thioether (sulfide) groups is 1. The van der Waals surface area contributed by atoms with E-state index in [-0.39, 0.29) is 5.91 Å². The lowest BCUT2D eigenvalue weighted by Gasteiger charge is -2.09. The van der Waals surface area contributed by atoms with E-state index in [2.05, 4.69) is 10.3 Å². The molecule has 1 aromatic heterocycles. The number of hydrogen-bond donors (Lipinski definition) is 1. The van der Waals surface area contributed by atoms with Crippen LogP contribution in [-0.4, -0.2) is 23.8 Å². The van der Waals surface area contributed by atoms with Crippen molar-refractivity contribution in [3.8, 4) is 5.75 Å². The maximum atomic E-state index is 12.1. The Morgan fingerprint density at radius 2 is 1.88 bits per heavy atom. The van der Waals surface area contributed by atoms with Gasteiger partial charge in [0.1, 0.15) is 5.75 Å². The van der Waals surface area contributed by atoms with Gasteiger partial charge in [0.2, 0.25) is 5.91 Å². The molecule has 0 aliphatic carbocycles. The van der Waals surface area contributed by atoms with Crippen molar-refractivity contribution in [2.45, 2.75) is 11.6 Å². The van der Waals surface area contributed by atoms with Crippen molar-refractivity contribution < 1.29 is 9.53 Å². The summed E-state index contributed by atoms with van der Waals surface area (Å²) in [6.07, 6.45) is 0. The van der Waals surface area contributed by atoms with Crippen molar-refractivity contribution in [3.63, 3.8) is 0 Å². The molecule has 3 aromatic rings. The third-order valence-corrected chi connectivity index (χ3v) is 4.52. The zero-order chi connectivity index (χ0) is 16.8. The Morgan fingerprint density at radius 3 is 2.75 bits per heavy atom. The van der Waals surface area contributed by atoms with Crippen molar-refractivity contribution in [1.82, 2.24) is 10.3 Å². The Morgan fingerprint density at radius 1 is 1.08 bits per heavy atom. The zero-order valence-electron chi connectivity index (χ0n) is 13.4. The van der Waals surface area contributed by atoms with E-state index >= 15 is 0 Å². The number of carbonyl (C=O) groups is 1. The van der Waals surface area contributed by atoms with Gasteiger partial charge in [0.05, 0.1) is 23.4 Å². The fourth-order valence-electron chi connectivity index (χ4n) is 2.36. The number of ether oxygens (including phenoxy) is 1. The molecule has 0 atom stereocenters. The number of pyridine rings is 1. The van der Waals surface area contributed by atoms with E-state index in [0.717, 1.165) is 27.2 Å². The fraction of sp³-hybridized carbons (Fsp3) is 0.158. The van der Waals surface area contributed by atoms with Crippen molar-refractivity contribution in [2.24, 2.45) is 0 Å². The minimum Gasteiger partial charge on any atom is -0.496 e. The van der Waals surface area contributed by atoms with E-state index in [1.54, 1.807) is 7.11 Å². The van der Waals surface area contributed by atoms with Crippen molar-refractivity contribution in [3.05, 3.63) is 66.2 Å². The minimum absolute atomic E-state index is 0.0270. The number of methoxy groups -OCH3 is 1. The predicted molar refractivity (Wildman–Crippen MR) is 97.3 cm³/mol. The molecule has 0 aliphatic rings. The molecule has 0 bridgehead atoms. The molecule has 2 aromatic carbocycles. The standard InChI is InChI=1S/C19H18N2O2S/c1-23-17-9-5-3-7-15(17)12-20-18(22)13-24-19-11-10-14-6-2-4-8-16(14)21-19/h2-11H,12-13H2,1H3,(H,20,22). The number of rotatable bonds is 6. The molecule has 0 saturated carbocycles. The largest absolute Gasteiger partial charge is 0.496 e. The number of para-hydroxylation sites is 2. The van der Waals surface area contributed by atoms with E-state index in [0.29, 0.717) is 12.3 Å². The molecule has 0 fully saturated rings. The molecular weight excluding hydrogens is 320 g/mol. The van der Waals surface area contributed by atoms with Gasteiger partial charge in [-0.25, -0.2) is 4.98 Å². The Hall–Kier alpha value is -2.53. The van der Waals surface area contributed by atoms with E-state index in [1.807, 2.05) is 60.7 Å². The molecule has 0 unspecified atom stereocenters. The van der Waals surface area contributed by atoms with Gasteiger partial charge in [-0.05, 0) is 18.2 Å². The average Bonchev–Trinajstić information content (AvgIpc) is 2.64. The van der Waals surface area contributed by atoms with Crippen molar-refractivity contribution in [1.29, 1.82) is 0 Å². The van der Waals surface area contributed by atoms with Crippen LogP contribution < -0.4 is 10.1 Å². The maximum absolute atomic E-state index is 12.1. The lowest BCUT2D eigenvalue weighted by molar-refractivity contribution is -0.118. The van der Waals surface area contributed by atoms with Gasteiger partial charge in [0.25, 0.3) is 0 Å². The molecule has 1 N–H and O–H groups in total. The Labute approximate surface area is 145 Å². The number of fused-ring (bicyclic) bond motifs is 1. The molecule has 5 heteroatoms. The molecule has 4 nitrogen and oxygen atoms in total. The third-order valence-electron chi connectivity index (χ3n) is 3.59. The summed E-state index contributed by atoms with van der Waals surface area (Å²) in [5.74, 6) is 1.09. The highest BCUT2D eigenvalue weighted by atomic mass is 32.2. The Bertz CT molecular complexity index is 851. The SMILES string of the molecule is COc1ccccc1CNC(=O)CSc1ccc2ccccc2n1. The Balaban J connectivity index is 1.55. The van der Waals surface area contributed by atoms with Crippen molar-refractivity contribution in [2.75, 3.05) is 12.9 Å². The maximum Gasteiger partial charge on any atom is 0.230 e. The molecule has 1 amide bonds.